The van der Waals surface area contributed by atoms with Crippen LogP contribution in [0.4, 0.5) is 0 Å². The smallest absolute Gasteiger partial charge is 0.119 e. The molecule has 2 rings (SSSR count). The third-order valence-corrected chi connectivity index (χ3v) is 5.73. The van der Waals surface area contributed by atoms with E-state index in [2.05, 4.69) is 67.0 Å². The number of hydrogen-bond donors (Lipinski definition) is 0. The lowest BCUT2D eigenvalue weighted by molar-refractivity contribution is 0.346. The van der Waals surface area contributed by atoms with E-state index in [-0.39, 0.29) is 5.41 Å². The molecular weight excluding hydrogens is 300 g/mol. The molecule has 0 saturated heterocycles. The number of benzene rings is 2. The van der Waals surface area contributed by atoms with E-state index in [0.717, 1.165) is 12.2 Å². The first kappa shape index (κ1) is 14.4. The summed E-state index contributed by atoms with van der Waals surface area (Å²) in [6.45, 7) is 6.83. The number of rotatable bonds is 4. The maximum Gasteiger partial charge on any atom is 0.119 e. The maximum absolute atomic E-state index is 5.26. The van der Waals surface area contributed by atoms with Gasteiger partial charge in [0.2, 0.25) is 0 Å². The van der Waals surface area contributed by atoms with Gasteiger partial charge in [0.25, 0.3) is 0 Å². The minimum Gasteiger partial charge on any atom is -0.497 e. The second-order valence-electron chi connectivity index (χ2n) is 5.68. The Labute approximate surface area is 124 Å². The monoisotopic (exact) mass is 320 g/mol. The zero-order valence-electron chi connectivity index (χ0n) is 12.0. The lowest BCUT2D eigenvalue weighted by Gasteiger charge is -2.29. The highest BCUT2D eigenvalue weighted by molar-refractivity contribution is 9.09. The van der Waals surface area contributed by atoms with Crippen molar-refractivity contribution in [3.05, 3.63) is 42.0 Å². The van der Waals surface area contributed by atoms with Gasteiger partial charge in [0.15, 0.2) is 0 Å². The lowest BCUT2D eigenvalue weighted by Crippen LogP contribution is -2.16. The van der Waals surface area contributed by atoms with Crippen LogP contribution in [0.2, 0.25) is 0 Å². The molecule has 2 aromatic rings. The molecule has 102 valence electrons. The van der Waals surface area contributed by atoms with E-state index in [0.29, 0.717) is 4.83 Å². The fourth-order valence-electron chi connectivity index (χ4n) is 2.16. The highest BCUT2D eigenvalue weighted by atomic mass is 79.9. The van der Waals surface area contributed by atoms with Crippen LogP contribution in [0.5, 0.6) is 5.75 Å². The average molecular weight is 321 g/mol. The van der Waals surface area contributed by atoms with E-state index in [1.807, 2.05) is 6.07 Å². The molecule has 0 aromatic heterocycles. The second kappa shape index (κ2) is 5.54. The normalized spacial score (nSPS) is 13.5. The first-order chi connectivity index (χ1) is 8.97. The molecule has 1 atom stereocenters. The Morgan fingerprint density at radius 3 is 2.37 bits per heavy atom. The van der Waals surface area contributed by atoms with Crippen molar-refractivity contribution in [2.24, 2.45) is 5.41 Å². The third kappa shape index (κ3) is 2.94. The van der Waals surface area contributed by atoms with Crippen LogP contribution >= 0.6 is 15.9 Å². The van der Waals surface area contributed by atoms with Crippen molar-refractivity contribution in [1.29, 1.82) is 0 Å². The summed E-state index contributed by atoms with van der Waals surface area (Å²) in [5.74, 6) is 0.907. The van der Waals surface area contributed by atoms with Crippen LogP contribution in [0, 0.1) is 5.41 Å². The van der Waals surface area contributed by atoms with Crippen molar-refractivity contribution in [2.45, 2.75) is 32.0 Å². The average Bonchev–Trinajstić information content (AvgIpc) is 2.45. The zero-order valence-corrected chi connectivity index (χ0v) is 13.6. The van der Waals surface area contributed by atoms with Crippen molar-refractivity contribution in [3.8, 4) is 5.75 Å². The fraction of sp³-hybridized carbons (Fsp3) is 0.412. The Balaban J connectivity index is 2.42. The van der Waals surface area contributed by atoms with Crippen molar-refractivity contribution in [2.75, 3.05) is 7.11 Å². The SMILES string of the molecule is CCC(C)(C)C(Br)c1ccc2cc(OC)ccc2c1. The van der Waals surface area contributed by atoms with Gasteiger partial charge >= 0.3 is 0 Å². The third-order valence-electron chi connectivity index (χ3n) is 3.96. The molecule has 1 unspecified atom stereocenters. The molecular formula is C17H21BrO. The number of alkyl halides is 1. The van der Waals surface area contributed by atoms with Crippen LogP contribution in [0.25, 0.3) is 10.8 Å². The van der Waals surface area contributed by atoms with Crippen LogP contribution in [0.1, 0.15) is 37.6 Å². The molecule has 0 aliphatic carbocycles. The molecule has 0 fully saturated rings. The highest BCUT2D eigenvalue weighted by Gasteiger charge is 2.26. The van der Waals surface area contributed by atoms with Crippen LogP contribution in [-0.2, 0) is 0 Å². The van der Waals surface area contributed by atoms with E-state index < -0.39 is 0 Å². The van der Waals surface area contributed by atoms with Crippen LogP contribution < -0.4 is 4.74 Å². The number of halogens is 1. The first-order valence-electron chi connectivity index (χ1n) is 6.69. The van der Waals surface area contributed by atoms with Gasteiger partial charge < -0.3 is 4.74 Å². The first-order valence-corrected chi connectivity index (χ1v) is 7.61. The van der Waals surface area contributed by atoms with Crippen molar-refractivity contribution in [1.82, 2.24) is 0 Å². The van der Waals surface area contributed by atoms with E-state index >= 15 is 0 Å². The lowest BCUT2D eigenvalue weighted by atomic mass is 9.83. The number of methoxy groups -OCH3 is 1. The quantitative estimate of drug-likeness (QED) is 0.654. The topological polar surface area (TPSA) is 9.23 Å². The summed E-state index contributed by atoms with van der Waals surface area (Å²) >= 11 is 3.86. The van der Waals surface area contributed by atoms with E-state index in [1.165, 1.54) is 16.3 Å². The van der Waals surface area contributed by atoms with Gasteiger partial charge in [-0.15, -0.1) is 0 Å². The summed E-state index contributed by atoms with van der Waals surface area (Å²) in [5, 5.41) is 2.48. The van der Waals surface area contributed by atoms with Crippen LogP contribution in [0.3, 0.4) is 0 Å². The molecule has 2 heteroatoms. The molecule has 0 aliphatic heterocycles. The molecule has 0 spiro atoms. The summed E-state index contributed by atoms with van der Waals surface area (Å²) in [7, 11) is 1.70. The van der Waals surface area contributed by atoms with Crippen LogP contribution in [-0.4, -0.2) is 7.11 Å². The van der Waals surface area contributed by atoms with E-state index in [1.54, 1.807) is 7.11 Å². The molecule has 0 N–H and O–H groups in total. The standard InChI is InChI=1S/C17H21BrO/c1-5-17(2,3)16(18)14-7-6-13-11-15(19-4)9-8-12(13)10-14/h6-11,16H,5H2,1-4H3. The Bertz CT molecular complexity index is 574. The van der Waals surface area contributed by atoms with Gasteiger partial charge in [0.05, 0.1) is 7.11 Å². The van der Waals surface area contributed by atoms with Gasteiger partial charge in [-0.05, 0) is 46.4 Å². The van der Waals surface area contributed by atoms with Crippen molar-refractivity contribution >= 4 is 26.7 Å². The summed E-state index contributed by atoms with van der Waals surface area (Å²) in [6, 6.07) is 12.9. The molecule has 0 saturated carbocycles. The van der Waals surface area contributed by atoms with E-state index in [9.17, 15) is 0 Å². The predicted octanol–water partition coefficient (Wildman–Crippen LogP) is 5.72. The molecule has 1 nitrogen and oxygen atoms in total. The Morgan fingerprint density at radius 2 is 1.74 bits per heavy atom. The number of hydrogen-bond acceptors (Lipinski definition) is 1. The molecule has 19 heavy (non-hydrogen) atoms. The number of ether oxygens (including phenoxy) is 1. The second-order valence-corrected chi connectivity index (χ2v) is 6.59. The van der Waals surface area contributed by atoms with Gasteiger partial charge in [0, 0.05) is 4.83 Å². The van der Waals surface area contributed by atoms with Crippen molar-refractivity contribution in [3.63, 3.8) is 0 Å². The van der Waals surface area contributed by atoms with Gasteiger partial charge in [-0.1, -0.05) is 54.9 Å². The number of fused-ring (bicyclic) bond motifs is 1. The van der Waals surface area contributed by atoms with Crippen molar-refractivity contribution < 1.29 is 4.74 Å². The highest BCUT2D eigenvalue weighted by Crippen LogP contribution is 2.43. The van der Waals surface area contributed by atoms with Gasteiger partial charge in [-0.3, -0.25) is 0 Å². The Kier molecular flexibility index (Phi) is 4.19. The van der Waals surface area contributed by atoms with E-state index in [4.69, 9.17) is 4.74 Å². The van der Waals surface area contributed by atoms with Gasteiger partial charge in [0.1, 0.15) is 5.75 Å². The molecule has 0 heterocycles. The zero-order chi connectivity index (χ0) is 14.0. The summed E-state index contributed by atoms with van der Waals surface area (Å²) in [6.07, 6.45) is 1.14. The summed E-state index contributed by atoms with van der Waals surface area (Å²) in [5.41, 5.74) is 1.59. The minimum absolute atomic E-state index is 0.250. The molecule has 0 amide bonds. The largest absolute Gasteiger partial charge is 0.497 e. The summed E-state index contributed by atoms with van der Waals surface area (Å²) in [4.78, 5) is 0.372. The van der Waals surface area contributed by atoms with Crippen LogP contribution in [0.15, 0.2) is 36.4 Å². The van der Waals surface area contributed by atoms with Gasteiger partial charge in [-0.2, -0.15) is 0 Å². The Hall–Kier alpha value is -1.02. The molecule has 0 aliphatic rings. The minimum atomic E-state index is 0.250. The molecule has 2 aromatic carbocycles. The Morgan fingerprint density at radius 1 is 1.11 bits per heavy atom. The fourth-order valence-corrected chi connectivity index (χ4v) is 2.77. The summed E-state index contributed by atoms with van der Waals surface area (Å²) < 4.78 is 5.26. The molecule has 0 radical (unpaired) electrons. The maximum atomic E-state index is 5.26. The van der Waals surface area contributed by atoms with Gasteiger partial charge in [-0.25, -0.2) is 0 Å². The predicted molar refractivity (Wildman–Crippen MR) is 86.2 cm³/mol. The molecule has 0 bridgehead atoms.